The Morgan fingerprint density at radius 1 is 1.17 bits per heavy atom. The molecule has 1 heterocycles. The van der Waals surface area contributed by atoms with Gasteiger partial charge in [-0.25, -0.2) is 4.98 Å². The molecule has 23 heavy (non-hydrogen) atoms. The van der Waals surface area contributed by atoms with E-state index >= 15 is 0 Å². The van der Waals surface area contributed by atoms with E-state index in [0.29, 0.717) is 11.6 Å². The van der Waals surface area contributed by atoms with Gasteiger partial charge in [-0.2, -0.15) is 0 Å². The van der Waals surface area contributed by atoms with Crippen LogP contribution in [0.5, 0.6) is 0 Å². The summed E-state index contributed by atoms with van der Waals surface area (Å²) in [5.74, 6) is 0.477. The van der Waals surface area contributed by atoms with Gasteiger partial charge in [0.15, 0.2) is 0 Å². The predicted molar refractivity (Wildman–Crippen MR) is 96.1 cm³/mol. The van der Waals surface area contributed by atoms with Crippen molar-refractivity contribution >= 4 is 17.3 Å². The fourth-order valence-electron chi connectivity index (χ4n) is 2.19. The maximum atomic E-state index is 12.3. The van der Waals surface area contributed by atoms with Gasteiger partial charge in [0.2, 0.25) is 0 Å². The van der Waals surface area contributed by atoms with E-state index in [1.807, 2.05) is 38.1 Å². The zero-order chi connectivity index (χ0) is 16.8. The van der Waals surface area contributed by atoms with E-state index in [0.717, 1.165) is 35.5 Å². The summed E-state index contributed by atoms with van der Waals surface area (Å²) in [6.07, 6.45) is 2.81. The maximum Gasteiger partial charge on any atom is 0.274 e. The highest BCUT2D eigenvalue weighted by atomic mass is 16.1. The molecule has 0 unspecified atom stereocenters. The van der Waals surface area contributed by atoms with Crippen LogP contribution in [0, 0.1) is 19.8 Å². The first-order valence-corrected chi connectivity index (χ1v) is 8.04. The van der Waals surface area contributed by atoms with Crippen LogP contribution < -0.4 is 10.6 Å². The van der Waals surface area contributed by atoms with Crippen molar-refractivity contribution in [3.05, 3.63) is 53.3 Å². The van der Waals surface area contributed by atoms with Gasteiger partial charge < -0.3 is 10.6 Å². The van der Waals surface area contributed by atoms with E-state index in [9.17, 15) is 4.79 Å². The fraction of sp³-hybridized carbons (Fsp3) is 0.368. The lowest BCUT2D eigenvalue weighted by atomic mass is 10.1. The third kappa shape index (κ3) is 5.09. The second-order valence-corrected chi connectivity index (χ2v) is 6.31. The molecule has 0 bridgehead atoms. The Labute approximate surface area is 138 Å². The van der Waals surface area contributed by atoms with Gasteiger partial charge in [0.1, 0.15) is 5.69 Å². The van der Waals surface area contributed by atoms with Crippen LogP contribution in [0.4, 0.5) is 11.4 Å². The molecule has 0 aliphatic carbocycles. The summed E-state index contributed by atoms with van der Waals surface area (Å²) >= 11 is 0. The summed E-state index contributed by atoms with van der Waals surface area (Å²) in [6.45, 7) is 9.28. The molecule has 0 aliphatic rings. The molecular formula is C19H25N3O. The normalized spacial score (nSPS) is 10.7. The van der Waals surface area contributed by atoms with Crippen LogP contribution in [0.25, 0.3) is 0 Å². The van der Waals surface area contributed by atoms with Crippen LogP contribution in [-0.4, -0.2) is 17.4 Å². The summed E-state index contributed by atoms with van der Waals surface area (Å²) in [5, 5.41) is 6.24. The summed E-state index contributed by atoms with van der Waals surface area (Å²) < 4.78 is 0. The van der Waals surface area contributed by atoms with Gasteiger partial charge in [-0.3, -0.25) is 4.79 Å². The third-order valence-electron chi connectivity index (χ3n) is 3.69. The number of hydrogen-bond acceptors (Lipinski definition) is 3. The third-order valence-corrected chi connectivity index (χ3v) is 3.69. The minimum atomic E-state index is -0.188. The summed E-state index contributed by atoms with van der Waals surface area (Å²) in [5.41, 5.74) is 4.34. The van der Waals surface area contributed by atoms with Crippen LogP contribution in [0.1, 0.15) is 41.9 Å². The number of carbonyl (C=O) groups is 1. The van der Waals surface area contributed by atoms with E-state index in [-0.39, 0.29) is 5.91 Å². The van der Waals surface area contributed by atoms with Crippen molar-refractivity contribution < 1.29 is 4.79 Å². The molecule has 2 rings (SSSR count). The SMILES string of the molecule is Cc1ccc(C)c(NC(=O)c2ccc(NCCC(C)C)cn2)c1. The van der Waals surface area contributed by atoms with Crippen molar-refractivity contribution in [1.82, 2.24) is 4.98 Å². The molecule has 0 atom stereocenters. The van der Waals surface area contributed by atoms with Crippen LogP contribution >= 0.6 is 0 Å². The van der Waals surface area contributed by atoms with Gasteiger partial charge in [0, 0.05) is 12.2 Å². The van der Waals surface area contributed by atoms with Gasteiger partial charge in [-0.1, -0.05) is 26.0 Å². The molecule has 122 valence electrons. The summed E-state index contributed by atoms with van der Waals surface area (Å²) in [7, 11) is 0. The predicted octanol–water partition coefficient (Wildman–Crippen LogP) is 4.41. The molecular weight excluding hydrogens is 286 g/mol. The van der Waals surface area contributed by atoms with Gasteiger partial charge >= 0.3 is 0 Å². The Balaban J connectivity index is 1.98. The molecule has 1 amide bonds. The number of pyridine rings is 1. The lowest BCUT2D eigenvalue weighted by Gasteiger charge is -2.10. The van der Waals surface area contributed by atoms with Crippen molar-refractivity contribution in [2.24, 2.45) is 5.92 Å². The molecule has 1 aromatic carbocycles. The van der Waals surface area contributed by atoms with Crippen LogP contribution in [0.2, 0.25) is 0 Å². The van der Waals surface area contributed by atoms with E-state index in [1.54, 1.807) is 12.3 Å². The Morgan fingerprint density at radius 2 is 1.96 bits per heavy atom. The number of hydrogen-bond donors (Lipinski definition) is 2. The monoisotopic (exact) mass is 311 g/mol. The number of carbonyl (C=O) groups excluding carboxylic acids is 1. The number of anilines is 2. The quantitative estimate of drug-likeness (QED) is 0.831. The average molecular weight is 311 g/mol. The number of rotatable bonds is 6. The minimum Gasteiger partial charge on any atom is -0.384 e. The van der Waals surface area contributed by atoms with E-state index in [1.165, 1.54) is 0 Å². The zero-order valence-electron chi connectivity index (χ0n) is 14.3. The van der Waals surface area contributed by atoms with E-state index < -0.39 is 0 Å². The van der Waals surface area contributed by atoms with Crippen LogP contribution in [-0.2, 0) is 0 Å². The van der Waals surface area contributed by atoms with Gasteiger partial charge in [0.25, 0.3) is 5.91 Å². The standard InChI is InChI=1S/C19H25N3O/c1-13(2)9-10-20-16-7-8-17(21-12-16)19(23)22-18-11-14(3)5-6-15(18)4/h5-8,11-13,20H,9-10H2,1-4H3,(H,22,23). The zero-order valence-corrected chi connectivity index (χ0v) is 14.3. The number of benzene rings is 1. The van der Waals surface area contributed by atoms with Crippen LogP contribution in [0.3, 0.4) is 0 Å². The minimum absolute atomic E-state index is 0.188. The number of aromatic nitrogens is 1. The Bertz CT molecular complexity index is 663. The first-order chi connectivity index (χ1) is 11.0. The molecule has 2 N–H and O–H groups in total. The second kappa shape index (κ2) is 7.77. The smallest absolute Gasteiger partial charge is 0.274 e. The highest BCUT2D eigenvalue weighted by Crippen LogP contribution is 2.17. The van der Waals surface area contributed by atoms with Crippen molar-refractivity contribution in [1.29, 1.82) is 0 Å². The molecule has 0 saturated carbocycles. The van der Waals surface area contributed by atoms with E-state index in [4.69, 9.17) is 0 Å². The highest BCUT2D eigenvalue weighted by Gasteiger charge is 2.09. The maximum absolute atomic E-state index is 12.3. The number of amides is 1. The number of nitrogens with zero attached hydrogens (tertiary/aromatic N) is 1. The Kier molecular flexibility index (Phi) is 5.74. The summed E-state index contributed by atoms with van der Waals surface area (Å²) in [4.78, 5) is 16.5. The lowest BCUT2D eigenvalue weighted by molar-refractivity contribution is 0.102. The molecule has 0 saturated heterocycles. The summed E-state index contributed by atoms with van der Waals surface area (Å²) in [6, 6.07) is 9.64. The van der Waals surface area contributed by atoms with Gasteiger partial charge in [0.05, 0.1) is 11.9 Å². The molecule has 2 aromatic rings. The van der Waals surface area contributed by atoms with Crippen molar-refractivity contribution in [2.75, 3.05) is 17.2 Å². The topological polar surface area (TPSA) is 54.0 Å². The molecule has 4 heteroatoms. The largest absolute Gasteiger partial charge is 0.384 e. The average Bonchev–Trinajstić information content (AvgIpc) is 2.51. The van der Waals surface area contributed by atoms with Crippen molar-refractivity contribution in [2.45, 2.75) is 34.1 Å². The molecule has 0 spiro atoms. The fourth-order valence-corrected chi connectivity index (χ4v) is 2.19. The first kappa shape index (κ1) is 17.0. The van der Waals surface area contributed by atoms with Crippen LogP contribution in [0.15, 0.2) is 36.5 Å². The molecule has 1 aromatic heterocycles. The Morgan fingerprint density at radius 3 is 2.61 bits per heavy atom. The molecule has 0 radical (unpaired) electrons. The van der Waals surface area contributed by atoms with Crippen molar-refractivity contribution in [3.8, 4) is 0 Å². The molecule has 4 nitrogen and oxygen atoms in total. The number of nitrogens with one attached hydrogen (secondary N) is 2. The van der Waals surface area contributed by atoms with Crippen molar-refractivity contribution in [3.63, 3.8) is 0 Å². The van der Waals surface area contributed by atoms with Gasteiger partial charge in [-0.15, -0.1) is 0 Å². The Hall–Kier alpha value is -2.36. The van der Waals surface area contributed by atoms with Gasteiger partial charge in [-0.05, 0) is 55.5 Å². The second-order valence-electron chi connectivity index (χ2n) is 6.31. The number of aryl methyl sites for hydroxylation is 2. The molecule has 0 aliphatic heterocycles. The lowest BCUT2D eigenvalue weighted by Crippen LogP contribution is -2.14. The van der Waals surface area contributed by atoms with E-state index in [2.05, 4.69) is 29.5 Å². The molecule has 0 fully saturated rings. The highest BCUT2D eigenvalue weighted by molar-refractivity contribution is 6.03. The first-order valence-electron chi connectivity index (χ1n) is 8.04.